The van der Waals surface area contributed by atoms with Crippen molar-refractivity contribution in [2.75, 3.05) is 20.6 Å². The first-order valence-electron chi connectivity index (χ1n) is 5.88. The molecule has 7 heteroatoms. The molecule has 1 N–H and O–H groups in total. The molecule has 0 aromatic heterocycles. The topological polar surface area (TPSA) is 69.7 Å². The van der Waals surface area contributed by atoms with Crippen LogP contribution in [0.15, 0.2) is 0 Å². The molecular formula is C11H25N3O3S. The Morgan fingerprint density at radius 3 is 2.00 bits per heavy atom. The molecule has 0 aliphatic heterocycles. The van der Waals surface area contributed by atoms with E-state index in [1.165, 1.54) is 18.4 Å². The van der Waals surface area contributed by atoms with Gasteiger partial charge in [-0.1, -0.05) is 0 Å². The maximum absolute atomic E-state index is 12.0. The van der Waals surface area contributed by atoms with Gasteiger partial charge in [-0.2, -0.15) is 17.0 Å². The summed E-state index contributed by atoms with van der Waals surface area (Å²) in [6.07, 6.45) is 0. The van der Waals surface area contributed by atoms with Crippen molar-refractivity contribution in [3.05, 3.63) is 0 Å². The number of rotatable bonds is 5. The van der Waals surface area contributed by atoms with Crippen LogP contribution in [0.3, 0.4) is 0 Å². The average molecular weight is 279 g/mol. The fraction of sp³-hybridized carbons (Fsp3) is 0.909. The van der Waals surface area contributed by atoms with Gasteiger partial charge in [0.15, 0.2) is 0 Å². The van der Waals surface area contributed by atoms with Gasteiger partial charge >= 0.3 is 0 Å². The summed E-state index contributed by atoms with van der Waals surface area (Å²) in [6, 6.07) is -0.150. The van der Waals surface area contributed by atoms with Gasteiger partial charge < -0.3 is 5.32 Å². The maximum Gasteiger partial charge on any atom is 0.282 e. The van der Waals surface area contributed by atoms with Crippen LogP contribution in [-0.4, -0.2) is 55.2 Å². The highest BCUT2D eigenvalue weighted by atomic mass is 32.2. The zero-order chi connectivity index (χ0) is 14.7. The van der Waals surface area contributed by atoms with Crippen LogP contribution in [0.1, 0.15) is 34.6 Å². The van der Waals surface area contributed by atoms with Gasteiger partial charge in [-0.15, -0.1) is 0 Å². The Bertz CT molecular complexity index is 385. The zero-order valence-corrected chi connectivity index (χ0v) is 13.1. The van der Waals surface area contributed by atoms with Crippen molar-refractivity contribution < 1.29 is 13.2 Å². The Morgan fingerprint density at radius 2 is 1.67 bits per heavy atom. The molecule has 0 unspecified atom stereocenters. The molecule has 0 rings (SSSR count). The van der Waals surface area contributed by atoms with Gasteiger partial charge in [0.2, 0.25) is 5.91 Å². The van der Waals surface area contributed by atoms with E-state index in [-0.39, 0.29) is 24.0 Å². The molecule has 0 saturated carbocycles. The van der Waals surface area contributed by atoms with E-state index in [9.17, 15) is 13.2 Å². The van der Waals surface area contributed by atoms with Gasteiger partial charge in [-0.05, 0) is 34.6 Å². The molecule has 18 heavy (non-hydrogen) atoms. The monoisotopic (exact) mass is 279 g/mol. The number of carbonyl (C=O) groups excluding carboxylic acids is 1. The third kappa shape index (κ3) is 5.32. The molecule has 0 atom stereocenters. The molecule has 0 aromatic carbocycles. The Kier molecular flexibility index (Phi) is 5.77. The van der Waals surface area contributed by atoms with E-state index in [1.54, 1.807) is 13.8 Å². The Hall–Kier alpha value is -0.660. The molecule has 0 fully saturated rings. The molecule has 0 radical (unpaired) electrons. The van der Waals surface area contributed by atoms with Gasteiger partial charge in [0.05, 0.1) is 6.54 Å². The van der Waals surface area contributed by atoms with Gasteiger partial charge in [-0.25, -0.2) is 0 Å². The number of hydrogen-bond acceptors (Lipinski definition) is 3. The lowest BCUT2D eigenvalue weighted by molar-refractivity contribution is -0.122. The number of nitrogens with zero attached hydrogens (tertiary/aromatic N) is 2. The summed E-state index contributed by atoms with van der Waals surface area (Å²) in [5, 5.41) is 2.73. The van der Waals surface area contributed by atoms with Crippen molar-refractivity contribution in [2.45, 2.75) is 46.2 Å². The van der Waals surface area contributed by atoms with Crippen LogP contribution in [0.4, 0.5) is 0 Å². The van der Waals surface area contributed by atoms with E-state index in [4.69, 9.17) is 0 Å². The Labute approximate surface area is 111 Å². The number of nitrogens with one attached hydrogen (secondary N) is 1. The summed E-state index contributed by atoms with van der Waals surface area (Å²) in [4.78, 5) is 11.7. The van der Waals surface area contributed by atoms with Gasteiger partial charge in [0.25, 0.3) is 10.2 Å². The minimum atomic E-state index is -3.58. The summed E-state index contributed by atoms with van der Waals surface area (Å²) < 4.78 is 26.4. The molecule has 0 heterocycles. The van der Waals surface area contributed by atoms with Crippen molar-refractivity contribution in [1.29, 1.82) is 0 Å². The molecule has 1 amide bonds. The first-order valence-corrected chi connectivity index (χ1v) is 7.28. The highest BCUT2D eigenvalue weighted by molar-refractivity contribution is 7.86. The van der Waals surface area contributed by atoms with Crippen molar-refractivity contribution in [3.8, 4) is 0 Å². The van der Waals surface area contributed by atoms with Crippen LogP contribution in [0.5, 0.6) is 0 Å². The van der Waals surface area contributed by atoms with E-state index in [1.807, 2.05) is 20.8 Å². The summed E-state index contributed by atoms with van der Waals surface area (Å²) in [6.45, 7) is 8.91. The van der Waals surface area contributed by atoms with Gasteiger partial charge in [0.1, 0.15) is 0 Å². The highest BCUT2D eigenvalue weighted by Crippen LogP contribution is 2.08. The second-order valence-electron chi connectivity index (χ2n) is 5.67. The highest BCUT2D eigenvalue weighted by Gasteiger charge is 2.27. The molecule has 0 aliphatic carbocycles. The maximum atomic E-state index is 12.0. The lowest BCUT2D eigenvalue weighted by Crippen LogP contribution is -2.49. The van der Waals surface area contributed by atoms with Crippen molar-refractivity contribution in [1.82, 2.24) is 13.9 Å². The quantitative estimate of drug-likeness (QED) is 0.793. The third-order valence-corrected chi connectivity index (χ3v) is 4.43. The number of amides is 1. The van der Waals surface area contributed by atoms with Crippen molar-refractivity contribution >= 4 is 16.1 Å². The molecule has 0 bridgehead atoms. The predicted molar refractivity (Wildman–Crippen MR) is 72.3 cm³/mol. The number of hydrogen-bond donors (Lipinski definition) is 1. The number of likely N-dealkylation sites (N-methyl/N-ethyl adjacent to an activating group) is 1. The Balaban J connectivity index is 4.68. The third-order valence-electron chi connectivity index (χ3n) is 2.37. The standard InChI is InChI=1S/C11H25N3O3S/c1-9(2)14(7)18(16,17)13(6)8-10(15)12-11(3,4)5/h9H,8H2,1-7H3,(H,12,15). The smallest absolute Gasteiger partial charge is 0.282 e. The SMILES string of the molecule is CC(C)N(C)S(=O)(=O)N(C)CC(=O)NC(C)(C)C. The van der Waals surface area contributed by atoms with E-state index < -0.39 is 10.2 Å². The van der Waals surface area contributed by atoms with Crippen molar-refractivity contribution in [2.24, 2.45) is 0 Å². The minimum absolute atomic E-state index is 0.150. The zero-order valence-electron chi connectivity index (χ0n) is 12.3. The number of carbonyl (C=O) groups is 1. The normalized spacial score (nSPS) is 13.4. The summed E-state index contributed by atoms with van der Waals surface area (Å²) in [5.41, 5.74) is -0.369. The Morgan fingerprint density at radius 1 is 1.22 bits per heavy atom. The summed E-state index contributed by atoms with van der Waals surface area (Å²) in [5.74, 6) is -0.314. The van der Waals surface area contributed by atoms with Crippen LogP contribution >= 0.6 is 0 Å². The van der Waals surface area contributed by atoms with Crippen molar-refractivity contribution in [3.63, 3.8) is 0 Å². The molecule has 0 saturated heterocycles. The second kappa shape index (κ2) is 5.99. The molecule has 108 valence electrons. The summed E-state index contributed by atoms with van der Waals surface area (Å²) >= 11 is 0. The van der Waals surface area contributed by atoms with Crippen LogP contribution in [0.2, 0.25) is 0 Å². The summed E-state index contributed by atoms with van der Waals surface area (Å²) in [7, 11) is -0.686. The fourth-order valence-electron chi connectivity index (χ4n) is 1.23. The second-order valence-corrected chi connectivity index (χ2v) is 7.77. The van der Waals surface area contributed by atoms with E-state index >= 15 is 0 Å². The van der Waals surface area contributed by atoms with Crippen LogP contribution in [0, 0.1) is 0 Å². The van der Waals surface area contributed by atoms with Gasteiger partial charge in [-0.3, -0.25) is 4.79 Å². The van der Waals surface area contributed by atoms with Crippen LogP contribution in [-0.2, 0) is 15.0 Å². The molecule has 0 aromatic rings. The molecule has 6 nitrogen and oxygen atoms in total. The molecular weight excluding hydrogens is 254 g/mol. The lowest BCUT2D eigenvalue weighted by Gasteiger charge is -2.28. The fourth-order valence-corrected chi connectivity index (χ4v) is 2.48. The largest absolute Gasteiger partial charge is 0.350 e. The first-order chi connectivity index (χ1) is 7.88. The first kappa shape index (κ1) is 17.3. The average Bonchev–Trinajstić information content (AvgIpc) is 2.12. The van der Waals surface area contributed by atoms with Crippen LogP contribution < -0.4 is 5.32 Å². The minimum Gasteiger partial charge on any atom is -0.350 e. The van der Waals surface area contributed by atoms with E-state index in [0.717, 1.165) is 4.31 Å². The van der Waals surface area contributed by atoms with Gasteiger partial charge in [0, 0.05) is 25.7 Å². The van der Waals surface area contributed by atoms with E-state index in [0.29, 0.717) is 0 Å². The predicted octanol–water partition coefficient (Wildman–Crippen LogP) is 0.418. The van der Waals surface area contributed by atoms with E-state index in [2.05, 4.69) is 5.32 Å². The lowest BCUT2D eigenvalue weighted by atomic mass is 10.1. The molecule has 0 aliphatic rings. The molecule has 0 spiro atoms. The van der Waals surface area contributed by atoms with Crippen LogP contribution in [0.25, 0.3) is 0 Å².